The summed E-state index contributed by atoms with van der Waals surface area (Å²) in [5, 5.41) is 11.7. The number of hydrogen-bond donors (Lipinski definition) is 2. The fourth-order valence-corrected chi connectivity index (χ4v) is 3.68. The molecule has 2 aliphatic rings. The third-order valence-corrected chi connectivity index (χ3v) is 5.23. The number of piperidine rings is 1. The Labute approximate surface area is 164 Å². The predicted molar refractivity (Wildman–Crippen MR) is 103 cm³/mol. The number of carbonyl (C=O) groups excluding carboxylic acids is 1. The van der Waals surface area contributed by atoms with Gasteiger partial charge in [-0.05, 0) is 36.1 Å². The molecule has 28 heavy (non-hydrogen) atoms. The Morgan fingerprint density at radius 2 is 2.00 bits per heavy atom. The van der Waals surface area contributed by atoms with Crippen LogP contribution in [0.2, 0.25) is 0 Å². The van der Waals surface area contributed by atoms with Gasteiger partial charge in [0.2, 0.25) is 5.91 Å². The van der Waals surface area contributed by atoms with Gasteiger partial charge in [0, 0.05) is 31.9 Å². The highest BCUT2D eigenvalue weighted by Crippen LogP contribution is 2.34. The van der Waals surface area contributed by atoms with Crippen LogP contribution in [0, 0.1) is 0 Å². The average molecular weight is 383 g/mol. The van der Waals surface area contributed by atoms with Crippen molar-refractivity contribution >= 4 is 5.91 Å². The average Bonchev–Trinajstić information content (AvgIpc) is 2.75. The number of rotatable bonds is 5. The zero-order chi connectivity index (χ0) is 19.3. The van der Waals surface area contributed by atoms with Gasteiger partial charge in [0.15, 0.2) is 11.9 Å². The normalized spacial score (nSPS) is 20.0. The van der Waals surface area contributed by atoms with E-state index in [0.717, 1.165) is 38.0 Å². The summed E-state index contributed by atoms with van der Waals surface area (Å²) in [5.74, 6) is 0.939. The smallest absolute Gasteiger partial charge is 0.257 e. The van der Waals surface area contributed by atoms with Gasteiger partial charge in [-0.2, -0.15) is 0 Å². The Morgan fingerprint density at radius 1 is 1.21 bits per heavy atom. The van der Waals surface area contributed by atoms with E-state index in [9.17, 15) is 4.79 Å². The largest absolute Gasteiger partial charge is 0.484 e. The van der Waals surface area contributed by atoms with Crippen LogP contribution in [-0.4, -0.2) is 53.2 Å². The van der Waals surface area contributed by atoms with E-state index in [1.807, 2.05) is 12.1 Å². The molecule has 1 saturated heterocycles. The molecule has 1 atom stereocenters. The first kappa shape index (κ1) is 18.7. The van der Waals surface area contributed by atoms with Gasteiger partial charge in [0.05, 0.1) is 0 Å². The van der Waals surface area contributed by atoms with Gasteiger partial charge < -0.3 is 19.9 Å². The highest BCUT2D eigenvalue weighted by atomic mass is 16.6. The van der Waals surface area contributed by atoms with Crippen molar-refractivity contribution in [3.63, 3.8) is 0 Å². The molecule has 2 aliphatic heterocycles. The van der Waals surface area contributed by atoms with Crippen molar-refractivity contribution < 1.29 is 19.4 Å². The first-order chi connectivity index (χ1) is 13.7. The Kier molecular flexibility index (Phi) is 5.73. The molecule has 0 spiro atoms. The lowest BCUT2D eigenvalue weighted by molar-refractivity contribution is -0.124. The lowest BCUT2D eigenvalue weighted by Crippen LogP contribution is -2.45. The Balaban J connectivity index is 1.29. The zero-order valence-corrected chi connectivity index (χ0v) is 15.7. The quantitative estimate of drug-likeness (QED) is 0.817. The van der Waals surface area contributed by atoms with E-state index in [-0.39, 0.29) is 18.1 Å². The fraction of sp³-hybridized carbons (Fsp3) is 0.429. The minimum absolute atomic E-state index is 0.151. The Hall–Kier alpha value is -2.64. The fourth-order valence-electron chi connectivity index (χ4n) is 3.68. The molecule has 1 fully saturated rings. The summed E-state index contributed by atoms with van der Waals surface area (Å²) in [7, 11) is 0. The topological polar surface area (TPSA) is 83.9 Å². The van der Waals surface area contributed by atoms with Crippen molar-refractivity contribution in [1.82, 2.24) is 15.2 Å². The number of ether oxygens (including phenoxy) is 2. The van der Waals surface area contributed by atoms with Crippen molar-refractivity contribution in [3.8, 4) is 11.6 Å². The van der Waals surface area contributed by atoms with Crippen LogP contribution >= 0.6 is 0 Å². The number of pyridine rings is 1. The van der Waals surface area contributed by atoms with Crippen LogP contribution in [-0.2, 0) is 11.3 Å². The van der Waals surface area contributed by atoms with Crippen LogP contribution in [0.1, 0.15) is 30.1 Å². The maximum atomic E-state index is 11.3. The molecule has 0 bridgehead atoms. The van der Waals surface area contributed by atoms with E-state index in [0.29, 0.717) is 18.2 Å². The Morgan fingerprint density at radius 3 is 2.75 bits per heavy atom. The van der Waals surface area contributed by atoms with E-state index >= 15 is 0 Å². The molecule has 7 nitrogen and oxygen atoms in total. The number of aromatic nitrogens is 1. The summed E-state index contributed by atoms with van der Waals surface area (Å²) in [6, 6.07) is 12.3. The zero-order valence-electron chi connectivity index (χ0n) is 15.7. The number of likely N-dealkylation sites (tertiary alicyclic amines) is 1. The number of fused-ring (bicyclic) bond motifs is 1. The highest BCUT2D eigenvalue weighted by Gasteiger charge is 2.24. The molecule has 7 heteroatoms. The van der Waals surface area contributed by atoms with E-state index < -0.39 is 6.61 Å². The van der Waals surface area contributed by atoms with Gasteiger partial charge in [-0.3, -0.25) is 9.69 Å². The predicted octanol–water partition coefficient (Wildman–Crippen LogP) is 1.67. The van der Waals surface area contributed by atoms with E-state index in [4.69, 9.17) is 14.6 Å². The molecular formula is C21H25N3O4. The van der Waals surface area contributed by atoms with Crippen LogP contribution in [0.3, 0.4) is 0 Å². The van der Waals surface area contributed by atoms with Gasteiger partial charge in [-0.15, -0.1) is 0 Å². The molecule has 3 heterocycles. The van der Waals surface area contributed by atoms with E-state index in [1.165, 1.54) is 5.56 Å². The minimum atomic E-state index is -0.441. The molecule has 0 radical (unpaired) electrons. The number of amides is 1. The van der Waals surface area contributed by atoms with Crippen LogP contribution in [0.4, 0.5) is 0 Å². The van der Waals surface area contributed by atoms with Gasteiger partial charge in [-0.1, -0.05) is 24.3 Å². The number of aliphatic hydroxyl groups is 1. The SMILES string of the molecule is O=C(CO)NC1CCN(Cc2ccc([C@H]3COc4cccnc4O3)cc2)CC1. The summed E-state index contributed by atoms with van der Waals surface area (Å²) in [5.41, 5.74) is 2.32. The summed E-state index contributed by atoms with van der Waals surface area (Å²) in [6.07, 6.45) is 3.36. The molecule has 0 aliphatic carbocycles. The highest BCUT2D eigenvalue weighted by molar-refractivity contribution is 5.77. The van der Waals surface area contributed by atoms with Crippen molar-refractivity contribution in [2.75, 3.05) is 26.3 Å². The van der Waals surface area contributed by atoms with Crippen molar-refractivity contribution in [1.29, 1.82) is 0 Å². The van der Waals surface area contributed by atoms with Crippen LogP contribution in [0.15, 0.2) is 42.6 Å². The second-order valence-electron chi connectivity index (χ2n) is 7.24. The number of hydrogen-bond acceptors (Lipinski definition) is 6. The summed E-state index contributed by atoms with van der Waals surface area (Å²) in [6.45, 7) is 2.78. The summed E-state index contributed by atoms with van der Waals surface area (Å²) < 4.78 is 11.7. The Bertz CT molecular complexity index is 804. The third kappa shape index (κ3) is 4.43. The molecular weight excluding hydrogens is 358 g/mol. The summed E-state index contributed by atoms with van der Waals surface area (Å²) >= 11 is 0. The van der Waals surface area contributed by atoms with Gasteiger partial charge in [0.25, 0.3) is 5.88 Å². The second kappa shape index (κ2) is 8.58. The molecule has 0 saturated carbocycles. The number of carbonyl (C=O) groups is 1. The lowest BCUT2D eigenvalue weighted by Gasteiger charge is -2.32. The number of aliphatic hydroxyl groups excluding tert-OH is 1. The van der Waals surface area contributed by atoms with Crippen molar-refractivity contribution in [2.45, 2.75) is 31.5 Å². The summed E-state index contributed by atoms with van der Waals surface area (Å²) in [4.78, 5) is 17.9. The lowest BCUT2D eigenvalue weighted by atomic mass is 10.0. The molecule has 2 N–H and O–H groups in total. The van der Waals surface area contributed by atoms with Crippen molar-refractivity contribution in [3.05, 3.63) is 53.7 Å². The molecule has 1 amide bonds. The van der Waals surface area contributed by atoms with Crippen molar-refractivity contribution in [2.24, 2.45) is 0 Å². The number of benzene rings is 1. The second-order valence-corrected chi connectivity index (χ2v) is 7.24. The standard InChI is InChI=1S/C21H25N3O4/c25-13-20(26)23-17-7-10-24(11-8-17)12-15-3-5-16(6-4-15)19-14-27-18-2-1-9-22-21(18)28-19/h1-6,9,17,19,25H,7-8,10-14H2,(H,23,26)/t19-/m1/s1. The number of nitrogens with one attached hydrogen (secondary N) is 1. The van der Waals surface area contributed by atoms with Gasteiger partial charge in [0.1, 0.15) is 13.2 Å². The first-order valence-electron chi connectivity index (χ1n) is 9.67. The van der Waals surface area contributed by atoms with Crippen LogP contribution < -0.4 is 14.8 Å². The van der Waals surface area contributed by atoms with E-state index in [2.05, 4.69) is 39.5 Å². The van der Waals surface area contributed by atoms with E-state index in [1.54, 1.807) is 6.20 Å². The molecule has 2 aromatic rings. The van der Waals surface area contributed by atoms with Crippen LogP contribution in [0.5, 0.6) is 11.6 Å². The van der Waals surface area contributed by atoms with Gasteiger partial charge in [-0.25, -0.2) is 4.98 Å². The van der Waals surface area contributed by atoms with Crippen LogP contribution in [0.25, 0.3) is 0 Å². The molecule has 4 rings (SSSR count). The maximum Gasteiger partial charge on any atom is 0.257 e. The monoisotopic (exact) mass is 383 g/mol. The minimum Gasteiger partial charge on any atom is -0.484 e. The molecule has 148 valence electrons. The first-order valence-corrected chi connectivity index (χ1v) is 9.67. The maximum absolute atomic E-state index is 11.3. The third-order valence-electron chi connectivity index (χ3n) is 5.23. The number of nitrogens with zero attached hydrogens (tertiary/aromatic N) is 2. The van der Waals surface area contributed by atoms with Gasteiger partial charge >= 0.3 is 0 Å². The molecule has 1 aromatic carbocycles. The molecule has 1 aromatic heterocycles. The molecule has 0 unspecified atom stereocenters.